The Morgan fingerprint density at radius 2 is 0.653 bits per heavy atom. The van der Waals surface area contributed by atoms with E-state index in [0.717, 1.165) is 0 Å². The normalized spacial score (nSPS) is 10.7. The summed E-state index contributed by atoms with van der Waals surface area (Å²) in [6.07, 6.45) is 0. The molecule has 0 fully saturated rings. The van der Waals surface area contributed by atoms with E-state index in [2.05, 4.69) is 189 Å². The summed E-state index contributed by atoms with van der Waals surface area (Å²) in [5.74, 6) is 3.97. The van der Waals surface area contributed by atoms with E-state index in [-0.39, 0.29) is 17.1 Å². The summed E-state index contributed by atoms with van der Waals surface area (Å²) in [4.78, 5) is 14.5. The molecule has 0 saturated heterocycles. The largest absolute Gasteiger partial charge is 0.144 e. The Kier molecular flexibility index (Phi) is 17.6. The van der Waals surface area contributed by atoms with Gasteiger partial charge in [0.1, 0.15) is 19.3 Å². The van der Waals surface area contributed by atoms with Gasteiger partial charge in [0.25, 0.3) is 0 Å². The van der Waals surface area contributed by atoms with Gasteiger partial charge in [-0.25, -0.2) is 0 Å². The van der Waals surface area contributed by atoms with Crippen LogP contribution in [-0.2, 0) is 17.1 Å². The molecule has 0 amide bonds. The van der Waals surface area contributed by atoms with Gasteiger partial charge in [-0.15, -0.1) is 9.81 Å². The van der Waals surface area contributed by atoms with Gasteiger partial charge in [0.05, 0.1) is 48.6 Å². The maximum atomic E-state index is 7.25. The Bertz CT molecular complexity index is 1420. The van der Waals surface area contributed by atoms with Crippen molar-refractivity contribution in [2.45, 2.75) is 6.55 Å². The first-order valence-corrected chi connectivity index (χ1v) is 23.9. The van der Waals surface area contributed by atoms with Gasteiger partial charge < -0.3 is 0 Å². The minimum absolute atomic E-state index is 0. The van der Waals surface area contributed by atoms with Crippen LogP contribution in [0.1, 0.15) is 0 Å². The minimum atomic E-state index is -1.92. The molecule has 0 aliphatic rings. The summed E-state index contributed by atoms with van der Waals surface area (Å²) in [5, 5.41) is 9.18. The maximum absolute atomic E-state index is 7.25. The molecule has 2 radical (unpaired) electrons. The van der Waals surface area contributed by atoms with Gasteiger partial charge in [0.15, 0.2) is 0 Å². The zero-order chi connectivity index (χ0) is 34.0. The molecule has 0 N–H and O–H groups in total. The van der Waals surface area contributed by atoms with Crippen molar-refractivity contribution >= 4 is 63.7 Å². The molecule has 6 aromatic carbocycles. The topological polar surface area (TPSA) is 78.7 Å². The van der Waals surface area contributed by atoms with Crippen LogP contribution in [0, 0.1) is 9.81 Å². The monoisotopic (exact) mass is 758 g/mol. The van der Waals surface area contributed by atoms with Crippen LogP contribution in [0.15, 0.2) is 182 Å². The van der Waals surface area contributed by atoms with E-state index in [9.17, 15) is 0 Å². The first kappa shape index (κ1) is 40.0. The number of nitroso groups, excluding NO2 is 2. The molecule has 0 saturated carbocycles. The average molecular weight is 759 g/mol. The molecular weight excluding hydrogens is 717 g/mol. The summed E-state index contributed by atoms with van der Waals surface area (Å²) in [6, 6.07) is 68.6. The molecule has 6 aromatic rings. The van der Waals surface area contributed by atoms with Gasteiger partial charge in [0, 0.05) is 17.1 Å². The Morgan fingerprint density at radius 1 is 0.429 bits per heavy atom. The fourth-order valence-corrected chi connectivity index (χ4v) is 29.8. The maximum Gasteiger partial charge on any atom is 0.144 e. The predicted molar refractivity (Wildman–Crippen MR) is 217 cm³/mol. The van der Waals surface area contributed by atoms with Crippen LogP contribution < -0.4 is 43.0 Å². The zero-order valence-corrected chi connectivity index (χ0v) is 32.5. The van der Waals surface area contributed by atoms with Crippen molar-refractivity contribution < 1.29 is 17.1 Å². The molecule has 0 bridgehead atoms. The molecule has 6 rings (SSSR count). The molecule has 4 nitrogen and oxygen atoms in total. The van der Waals surface area contributed by atoms with Crippen molar-refractivity contribution in [2.75, 3.05) is 17.4 Å². The molecule has 9 heteroatoms. The van der Waals surface area contributed by atoms with Gasteiger partial charge in [-0.1, -0.05) is 140 Å². The second-order valence-electron chi connectivity index (χ2n) is 11.8. The summed E-state index contributed by atoms with van der Waals surface area (Å²) < 4.78 is 0. The summed E-state index contributed by atoms with van der Waals surface area (Å²) in [5.41, 5.74) is 11.5. The van der Waals surface area contributed by atoms with Gasteiger partial charge in [-0.3, -0.25) is 0 Å². The minimum Gasteiger partial charge on any atom is -0.120 e. The van der Waals surface area contributed by atoms with Crippen LogP contribution in [-0.4, -0.2) is 25.4 Å². The number of hydrogen-bond donors (Lipinski definition) is 0. The van der Waals surface area contributed by atoms with E-state index in [1.165, 1.54) is 28.0 Å². The van der Waals surface area contributed by atoms with E-state index in [0.29, 0.717) is 0 Å². The smallest absolute Gasteiger partial charge is 0.120 e. The third kappa shape index (κ3) is 11.6. The molecule has 0 heterocycles. The third-order valence-corrected chi connectivity index (χ3v) is 28.3. The van der Waals surface area contributed by atoms with Gasteiger partial charge in [-0.05, 0) is 72.8 Å². The molecule has 0 aliphatic heterocycles. The van der Waals surface area contributed by atoms with Crippen molar-refractivity contribution in [3.05, 3.63) is 192 Å². The van der Waals surface area contributed by atoms with Crippen LogP contribution in [0.3, 0.4) is 0 Å². The second-order valence-corrected chi connectivity index (χ2v) is 25.7. The van der Waals surface area contributed by atoms with Crippen LogP contribution in [0.4, 0.5) is 0 Å². The molecule has 0 atom stereocenters. The number of hydrogen-bond acceptors (Lipinski definition) is 2. The summed E-state index contributed by atoms with van der Waals surface area (Å²) >= 11 is 0. The van der Waals surface area contributed by atoms with Crippen LogP contribution in [0.25, 0.3) is 0 Å². The van der Waals surface area contributed by atoms with E-state index in [4.69, 9.17) is 21.0 Å². The Balaban J connectivity index is 0.00000125. The number of benzene rings is 6. The van der Waals surface area contributed by atoms with Gasteiger partial charge in [-0.2, -0.15) is 0 Å². The first-order chi connectivity index (χ1) is 23.7. The molecule has 0 aromatic heterocycles. The molecule has 0 unspecified atom stereocenters. The molecule has 248 valence electrons. The summed E-state index contributed by atoms with van der Waals surface area (Å²) in [6.45, 7) is 2.77. The van der Waals surface area contributed by atoms with Crippen molar-refractivity contribution in [3.63, 3.8) is 0 Å². The zero-order valence-electron chi connectivity index (χ0n) is 27.5. The molecule has 49 heavy (non-hydrogen) atoms. The fourth-order valence-electron chi connectivity index (χ4n) is 6.26. The van der Waals surface area contributed by atoms with Crippen LogP contribution >= 0.6 is 23.8 Å². The average Bonchev–Trinajstić information content (AvgIpc) is 3.19. The van der Waals surface area contributed by atoms with Crippen molar-refractivity contribution in [2.24, 2.45) is 0 Å². The second kappa shape index (κ2) is 21.6. The SMILES string of the molecule is C[Si](CP(c1ccccc1)c1ccccc1)(C[PH+](c1ccccc1)c1ccccc1)C[PH+](c1ccccc1)c1ccccc1.[Fe].[N]=O.[N]=O. The van der Waals surface area contributed by atoms with Crippen molar-refractivity contribution in [1.82, 2.24) is 11.2 Å². The Labute approximate surface area is 306 Å². The van der Waals surface area contributed by atoms with Gasteiger partial charge >= 0.3 is 0 Å². The molecular formula is C40H41FeN2O2P3Si+2. The van der Waals surface area contributed by atoms with Crippen LogP contribution in [0.2, 0.25) is 6.55 Å². The third-order valence-electron chi connectivity index (χ3n) is 8.37. The van der Waals surface area contributed by atoms with Gasteiger partial charge in [0.2, 0.25) is 0 Å². The molecule has 0 aliphatic carbocycles. The van der Waals surface area contributed by atoms with Crippen molar-refractivity contribution in [1.29, 1.82) is 0 Å². The quantitative estimate of drug-likeness (QED) is 0.104. The van der Waals surface area contributed by atoms with E-state index in [1.807, 2.05) is 0 Å². The van der Waals surface area contributed by atoms with E-state index < -0.39 is 31.8 Å². The molecule has 0 spiro atoms. The number of rotatable bonds is 12. The van der Waals surface area contributed by atoms with E-state index in [1.54, 1.807) is 21.2 Å². The standard InChI is InChI=1S/C40H39P3Si.Fe.2NO/c1-44(32-41(35-20-8-2-9-21-35)36-22-10-3-11-23-36,33-42(37-24-12-4-13-25-37)38-26-14-5-15-27-38)34-43(39-28-16-6-17-29-39)40-30-18-7-19-31-40;;2*1-2/h2-31H,32-34H2,1H3;;;/p+2. The Morgan fingerprint density at radius 3 is 0.898 bits per heavy atom. The number of nitrogens with zero attached hydrogens (tertiary/aromatic N) is 2. The van der Waals surface area contributed by atoms with Crippen LogP contribution in [0.5, 0.6) is 0 Å². The summed E-state index contributed by atoms with van der Waals surface area (Å²) in [7, 11) is -4.37. The fraction of sp³-hybridized carbons (Fsp3) is 0.100. The van der Waals surface area contributed by atoms with E-state index >= 15 is 0 Å². The first-order valence-electron chi connectivity index (χ1n) is 15.9. The van der Waals surface area contributed by atoms with Crippen molar-refractivity contribution in [3.8, 4) is 0 Å². The Hall–Kier alpha value is -3.45. The predicted octanol–water partition coefficient (Wildman–Crippen LogP) is 6.65.